The monoisotopic (exact) mass is 327 g/mol. The molecule has 0 aliphatic carbocycles. The van der Waals surface area contributed by atoms with E-state index in [2.05, 4.69) is 22.4 Å². The van der Waals surface area contributed by atoms with E-state index < -0.39 is 0 Å². The second-order valence-corrected chi connectivity index (χ2v) is 6.81. The Morgan fingerprint density at radius 3 is 2.83 bits per heavy atom. The van der Waals surface area contributed by atoms with Gasteiger partial charge < -0.3 is 4.90 Å². The fourth-order valence-electron chi connectivity index (χ4n) is 3.08. The first kappa shape index (κ1) is 14.4. The SMILES string of the molecule is CN1CCc2sc3nc(NN)n(-c4ccccc4)c(=O)c3c2C1. The summed E-state index contributed by atoms with van der Waals surface area (Å²) < 4.78 is 1.55. The van der Waals surface area contributed by atoms with E-state index in [-0.39, 0.29) is 5.56 Å². The second kappa shape index (κ2) is 5.45. The van der Waals surface area contributed by atoms with Gasteiger partial charge in [-0.1, -0.05) is 18.2 Å². The number of benzene rings is 1. The predicted molar refractivity (Wildman–Crippen MR) is 93.1 cm³/mol. The van der Waals surface area contributed by atoms with Crippen LogP contribution in [0.2, 0.25) is 0 Å². The summed E-state index contributed by atoms with van der Waals surface area (Å²) in [6.45, 7) is 1.80. The Morgan fingerprint density at radius 1 is 1.30 bits per heavy atom. The van der Waals surface area contributed by atoms with Gasteiger partial charge in [-0.3, -0.25) is 10.2 Å². The summed E-state index contributed by atoms with van der Waals surface area (Å²) in [6, 6.07) is 9.45. The third kappa shape index (κ3) is 2.24. The molecule has 0 saturated heterocycles. The molecule has 1 aliphatic heterocycles. The Morgan fingerprint density at radius 2 is 2.09 bits per heavy atom. The number of nitrogen functional groups attached to an aromatic ring is 1. The van der Waals surface area contributed by atoms with Crippen molar-refractivity contribution in [3.05, 3.63) is 51.1 Å². The highest BCUT2D eigenvalue weighted by Crippen LogP contribution is 2.33. The molecule has 118 valence electrons. The van der Waals surface area contributed by atoms with Crippen LogP contribution in [0.5, 0.6) is 0 Å². The number of hydrogen-bond donors (Lipinski definition) is 2. The third-order valence-electron chi connectivity index (χ3n) is 4.20. The largest absolute Gasteiger partial charge is 0.302 e. The molecule has 1 aromatic carbocycles. The lowest BCUT2D eigenvalue weighted by atomic mass is 10.1. The van der Waals surface area contributed by atoms with Crippen LogP contribution >= 0.6 is 11.3 Å². The van der Waals surface area contributed by atoms with E-state index in [1.807, 2.05) is 30.3 Å². The molecule has 0 saturated carbocycles. The molecule has 23 heavy (non-hydrogen) atoms. The Labute approximate surface area is 137 Å². The van der Waals surface area contributed by atoms with E-state index in [9.17, 15) is 4.79 Å². The van der Waals surface area contributed by atoms with Crippen LogP contribution < -0.4 is 16.8 Å². The number of para-hydroxylation sites is 1. The standard InChI is InChI=1S/C16H17N5OS/c1-20-8-7-12-11(9-20)13-14(23-12)18-16(19-17)21(15(13)22)10-5-3-2-4-6-10/h2-6H,7-9,17H2,1H3,(H,18,19). The fraction of sp³-hybridized carbons (Fsp3) is 0.250. The summed E-state index contributed by atoms with van der Waals surface area (Å²) in [6.07, 6.45) is 0.961. The minimum absolute atomic E-state index is 0.0676. The number of nitrogens with two attached hydrogens (primary N) is 1. The van der Waals surface area contributed by atoms with E-state index in [0.29, 0.717) is 5.95 Å². The lowest BCUT2D eigenvalue weighted by molar-refractivity contribution is 0.317. The van der Waals surface area contributed by atoms with Crippen LogP contribution in [-0.4, -0.2) is 28.0 Å². The van der Waals surface area contributed by atoms with Gasteiger partial charge in [0.2, 0.25) is 5.95 Å². The minimum atomic E-state index is -0.0676. The first-order valence-corrected chi connectivity index (χ1v) is 8.28. The van der Waals surface area contributed by atoms with Gasteiger partial charge in [-0.05, 0) is 31.2 Å². The zero-order chi connectivity index (χ0) is 16.0. The topological polar surface area (TPSA) is 76.2 Å². The van der Waals surface area contributed by atoms with Crippen molar-refractivity contribution in [3.8, 4) is 5.69 Å². The van der Waals surface area contributed by atoms with Gasteiger partial charge in [0, 0.05) is 18.0 Å². The molecule has 7 heteroatoms. The average molecular weight is 327 g/mol. The van der Waals surface area contributed by atoms with E-state index >= 15 is 0 Å². The molecule has 2 aromatic heterocycles. The summed E-state index contributed by atoms with van der Waals surface area (Å²) in [5, 5.41) is 0.722. The van der Waals surface area contributed by atoms with Gasteiger partial charge >= 0.3 is 0 Å². The number of fused-ring (bicyclic) bond motifs is 3. The number of nitrogens with one attached hydrogen (secondary N) is 1. The molecule has 6 nitrogen and oxygen atoms in total. The van der Waals surface area contributed by atoms with Gasteiger partial charge in [0.05, 0.1) is 11.1 Å². The van der Waals surface area contributed by atoms with Crippen molar-refractivity contribution in [1.82, 2.24) is 14.5 Å². The first-order valence-electron chi connectivity index (χ1n) is 7.47. The van der Waals surface area contributed by atoms with E-state index in [1.165, 1.54) is 4.88 Å². The Balaban J connectivity index is 2.05. The number of rotatable bonds is 2. The number of anilines is 1. The smallest absolute Gasteiger partial charge is 0.268 e. The van der Waals surface area contributed by atoms with Crippen molar-refractivity contribution in [2.75, 3.05) is 19.0 Å². The summed E-state index contributed by atoms with van der Waals surface area (Å²) in [5.74, 6) is 5.98. The number of nitrogens with zero attached hydrogens (tertiary/aromatic N) is 3. The number of hydrazine groups is 1. The molecule has 0 atom stereocenters. The van der Waals surface area contributed by atoms with Crippen LogP contribution in [0.25, 0.3) is 15.9 Å². The molecule has 0 unspecified atom stereocenters. The quantitative estimate of drug-likeness (QED) is 0.554. The maximum atomic E-state index is 13.2. The third-order valence-corrected chi connectivity index (χ3v) is 5.39. The molecule has 0 spiro atoms. The maximum absolute atomic E-state index is 13.2. The van der Waals surface area contributed by atoms with Crippen molar-refractivity contribution < 1.29 is 0 Å². The number of aromatic nitrogens is 2. The number of hydrogen-bond acceptors (Lipinski definition) is 6. The Kier molecular flexibility index (Phi) is 3.41. The molecule has 3 N–H and O–H groups in total. The van der Waals surface area contributed by atoms with E-state index in [4.69, 9.17) is 5.84 Å². The summed E-state index contributed by atoms with van der Waals surface area (Å²) in [5.41, 5.74) is 4.37. The van der Waals surface area contributed by atoms with Gasteiger partial charge in [-0.25, -0.2) is 15.4 Å². The van der Waals surface area contributed by atoms with Crippen LogP contribution in [0.1, 0.15) is 10.4 Å². The highest BCUT2D eigenvalue weighted by molar-refractivity contribution is 7.18. The predicted octanol–water partition coefficient (Wildman–Crippen LogP) is 1.72. The zero-order valence-corrected chi connectivity index (χ0v) is 13.6. The van der Waals surface area contributed by atoms with Gasteiger partial charge in [-0.15, -0.1) is 11.3 Å². The summed E-state index contributed by atoms with van der Waals surface area (Å²) >= 11 is 1.60. The molecule has 0 amide bonds. The molecule has 3 heterocycles. The highest BCUT2D eigenvalue weighted by atomic mass is 32.1. The minimum Gasteiger partial charge on any atom is -0.302 e. The van der Waals surface area contributed by atoms with Crippen molar-refractivity contribution in [1.29, 1.82) is 0 Å². The van der Waals surface area contributed by atoms with Crippen LogP contribution in [-0.2, 0) is 13.0 Å². The summed E-state index contributed by atoms with van der Waals surface area (Å²) in [7, 11) is 2.07. The number of likely N-dealkylation sites (N-methyl/N-ethyl adjacent to an activating group) is 1. The second-order valence-electron chi connectivity index (χ2n) is 5.73. The highest BCUT2D eigenvalue weighted by Gasteiger charge is 2.24. The zero-order valence-electron chi connectivity index (χ0n) is 12.7. The van der Waals surface area contributed by atoms with Gasteiger partial charge in [-0.2, -0.15) is 0 Å². The molecule has 1 aliphatic rings. The molecule has 4 rings (SSSR count). The Hall–Kier alpha value is -2.22. The molecule has 3 aromatic rings. The van der Waals surface area contributed by atoms with Crippen LogP contribution in [0, 0.1) is 0 Å². The van der Waals surface area contributed by atoms with Gasteiger partial charge in [0.15, 0.2) is 0 Å². The van der Waals surface area contributed by atoms with Crippen LogP contribution in [0.15, 0.2) is 35.1 Å². The lowest BCUT2D eigenvalue weighted by Crippen LogP contribution is -2.28. The average Bonchev–Trinajstić information content (AvgIpc) is 2.93. The van der Waals surface area contributed by atoms with Gasteiger partial charge in [0.1, 0.15) is 4.83 Å². The normalized spacial score (nSPS) is 14.9. The maximum Gasteiger partial charge on any atom is 0.268 e. The Bertz CT molecular complexity index is 931. The molecule has 0 radical (unpaired) electrons. The van der Waals surface area contributed by atoms with Crippen LogP contribution in [0.3, 0.4) is 0 Å². The fourth-order valence-corrected chi connectivity index (χ4v) is 4.24. The first-order chi connectivity index (χ1) is 11.2. The van der Waals surface area contributed by atoms with Crippen LogP contribution in [0.4, 0.5) is 5.95 Å². The van der Waals surface area contributed by atoms with E-state index in [0.717, 1.165) is 41.0 Å². The molecular weight excluding hydrogens is 310 g/mol. The number of thiophene rings is 1. The molecule has 0 bridgehead atoms. The van der Waals surface area contributed by atoms with Gasteiger partial charge in [0.25, 0.3) is 5.56 Å². The molecule has 0 fully saturated rings. The van der Waals surface area contributed by atoms with Crippen molar-refractivity contribution in [3.63, 3.8) is 0 Å². The lowest BCUT2D eigenvalue weighted by Gasteiger charge is -2.22. The van der Waals surface area contributed by atoms with Crippen molar-refractivity contribution >= 4 is 27.5 Å². The van der Waals surface area contributed by atoms with E-state index in [1.54, 1.807) is 15.9 Å². The summed E-state index contributed by atoms with van der Waals surface area (Å²) in [4.78, 5) is 22.0. The van der Waals surface area contributed by atoms with Crippen molar-refractivity contribution in [2.45, 2.75) is 13.0 Å². The molecular formula is C16H17N5OS. The van der Waals surface area contributed by atoms with Crippen molar-refractivity contribution in [2.24, 2.45) is 5.84 Å².